The highest BCUT2D eigenvalue weighted by Crippen LogP contribution is 2.33. The van der Waals surface area contributed by atoms with Crippen LogP contribution < -0.4 is 0 Å². The number of amidine groups is 1. The van der Waals surface area contributed by atoms with Gasteiger partial charge >= 0.3 is 23.8 Å². The molecule has 0 aromatic carbocycles. The first-order valence-electron chi connectivity index (χ1n) is 10.6. The third-order valence-electron chi connectivity index (χ3n) is 5.55. The quantitative estimate of drug-likeness (QED) is 0.355. The number of carbonyl (C=O) groups is 4. The zero-order chi connectivity index (χ0) is 23.3. The molecule has 32 heavy (non-hydrogen) atoms. The summed E-state index contributed by atoms with van der Waals surface area (Å²) in [6, 6.07) is -1.62. The van der Waals surface area contributed by atoms with Gasteiger partial charge in [-0.1, -0.05) is 25.3 Å². The normalized spacial score (nSPS) is 20.3. The van der Waals surface area contributed by atoms with Crippen LogP contribution in [0.15, 0.2) is 40.8 Å². The van der Waals surface area contributed by atoms with Crippen molar-refractivity contribution >= 4 is 29.7 Å². The standard InChI is InChI=1S/C22H27N3O7/c1-4-32-22(29)19(26)25(14-10-6-5-7-11-14)18-16(20(27)30-2)17(21(28)31-3)24-13-9-8-12-15(24)23-18/h8-9,12-14,17H,4-7,10-11H2,1-3H3. The van der Waals surface area contributed by atoms with Crippen LogP contribution >= 0.6 is 0 Å². The van der Waals surface area contributed by atoms with Gasteiger partial charge in [0.25, 0.3) is 0 Å². The van der Waals surface area contributed by atoms with Crippen LogP contribution in [0.3, 0.4) is 0 Å². The second kappa shape index (κ2) is 10.3. The molecule has 0 spiro atoms. The minimum Gasteiger partial charge on any atom is -0.467 e. The minimum absolute atomic E-state index is 0.0204. The summed E-state index contributed by atoms with van der Waals surface area (Å²) >= 11 is 0. The lowest BCUT2D eigenvalue weighted by atomic mass is 9.93. The Hall–Kier alpha value is -3.43. The third kappa shape index (κ3) is 4.44. The van der Waals surface area contributed by atoms with Crippen molar-refractivity contribution in [1.82, 2.24) is 9.80 Å². The smallest absolute Gasteiger partial charge is 0.397 e. The first kappa shape index (κ1) is 23.2. The molecule has 1 amide bonds. The van der Waals surface area contributed by atoms with Gasteiger partial charge in [-0.05, 0) is 31.9 Å². The molecule has 10 nitrogen and oxygen atoms in total. The molecule has 3 rings (SSSR count). The zero-order valence-corrected chi connectivity index (χ0v) is 18.4. The van der Waals surface area contributed by atoms with E-state index in [1.165, 1.54) is 24.0 Å². The van der Waals surface area contributed by atoms with E-state index in [2.05, 4.69) is 4.99 Å². The van der Waals surface area contributed by atoms with Crippen molar-refractivity contribution in [3.63, 3.8) is 0 Å². The van der Waals surface area contributed by atoms with Crippen molar-refractivity contribution in [1.29, 1.82) is 0 Å². The van der Waals surface area contributed by atoms with Crippen LogP contribution in [0.4, 0.5) is 0 Å². The van der Waals surface area contributed by atoms with Gasteiger partial charge in [-0.25, -0.2) is 19.4 Å². The maximum Gasteiger partial charge on any atom is 0.397 e. The molecule has 0 bridgehead atoms. The van der Waals surface area contributed by atoms with Crippen LogP contribution in [0.2, 0.25) is 0 Å². The molecule has 3 aliphatic rings. The average Bonchev–Trinajstić information content (AvgIpc) is 2.83. The highest BCUT2D eigenvalue weighted by molar-refractivity contribution is 6.33. The van der Waals surface area contributed by atoms with Gasteiger partial charge in [-0.3, -0.25) is 9.69 Å². The molecule has 1 unspecified atom stereocenters. The predicted octanol–water partition coefficient (Wildman–Crippen LogP) is 1.43. The van der Waals surface area contributed by atoms with Gasteiger partial charge in [0.15, 0.2) is 11.9 Å². The minimum atomic E-state index is -1.24. The van der Waals surface area contributed by atoms with Crippen LogP contribution in [0.1, 0.15) is 39.0 Å². The number of methoxy groups -OCH3 is 2. The Balaban J connectivity index is 2.23. The largest absolute Gasteiger partial charge is 0.467 e. The number of fused-ring (bicyclic) bond motifs is 1. The second-order valence-corrected chi connectivity index (χ2v) is 7.42. The second-order valence-electron chi connectivity index (χ2n) is 7.42. The Morgan fingerprint density at radius 2 is 1.81 bits per heavy atom. The summed E-state index contributed by atoms with van der Waals surface area (Å²) in [4.78, 5) is 58.6. The molecule has 1 aliphatic carbocycles. The lowest BCUT2D eigenvalue weighted by molar-refractivity contribution is -0.160. The van der Waals surface area contributed by atoms with E-state index in [0.29, 0.717) is 18.7 Å². The first-order valence-corrected chi connectivity index (χ1v) is 10.6. The number of ether oxygens (including phenoxy) is 3. The molecular formula is C22H27N3O7. The molecule has 0 aromatic heterocycles. The third-order valence-corrected chi connectivity index (χ3v) is 5.55. The molecule has 172 valence electrons. The summed E-state index contributed by atoms with van der Waals surface area (Å²) in [5.74, 6) is -3.34. The van der Waals surface area contributed by atoms with Crippen molar-refractivity contribution < 1.29 is 33.4 Å². The number of hydrogen-bond donors (Lipinski definition) is 0. The van der Waals surface area contributed by atoms with E-state index in [1.54, 1.807) is 31.4 Å². The fourth-order valence-electron chi connectivity index (χ4n) is 4.09. The predicted molar refractivity (Wildman–Crippen MR) is 113 cm³/mol. The fourth-order valence-corrected chi connectivity index (χ4v) is 4.09. The summed E-state index contributed by atoms with van der Waals surface area (Å²) < 4.78 is 14.9. The molecule has 0 aromatic rings. The lowest BCUT2D eigenvalue weighted by Crippen LogP contribution is -2.52. The Labute approximate surface area is 186 Å². The molecule has 1 fully saturated rings. The van der Waals surface area contributed by atoms with Crippen LogP contribution in [0.5, 0.6) is 0 Å². The first-order chi connectivity index (χ1) is 15.4. The number of hydrogen-bond acceptors (Lipinski definition) is 9. The summed E-state index contributed by atoms with van der Waals surface area (Å²) in [7, 11) is 2.37. The van der Waals surface area contributed by atoms with Crippen molar-refractivity contribution in [3.8, 4) is 0 Å². The van der Waals surface area contributed by atoms with Gasteiger partial charge in [0.2, 0.25) is 0 Å². The molecule has 0 radical (unpaired) electrons. The SMILES string of the molecule is CCOC(=O)C(=O)N(C1=C(C(=O)OC)C(C(=O)OC)N2C=CC=CC2=N1)C1CCCCC1. The topological polar surface area (TPSA) is 115 Å². The summed E-state index contributed by atoms with van der Waals surface area (Å²) in [6.45, 7) is 1.62. The Morgan fingerprint density at radius 3 is 2.44 bits per heavy atom. The van der Waals surface area contributed by atoms with Crippen molar-refractivity contribution in [2.75, 3.05) is 20.8 Å². The van der Waals surface area contributed by atoms with Crippen molar-refractivity contribution in [3.05, 3.63) is 35.8 Å². The van der Waals surface area contributed by atoms with Gasteiger partial charge in [0.05, 0.1) is 20.8 Å². The number of esters is 3. The van der Waals surface area contributed by atoms with Crippen LogP contribution in [0, 0.1) is 0 Å². The molecule has 2 heterocycles. The molecule has 2 aliphatic heterocycles. The zero-order valence-electron chi connectivity index (χ0n) is 18.4. The molecule has 0 saturated heterocycles. The summed E-state index contributed by atoms with van der Waals surface area (Å²) in [6.07, 6.45) is 10.6. The van der Waals surface area contributed by atoms with Crippen molar-refractivity contribution in [2.24, 2.45) is 4.99 Å². The maximum atomic E-state index is 13.2. The summed E-state index contributed by atoms with van der Waals surface area (Å²) in [5.41, 5.74) is -0.175. The van der Waals surface area contributed by atoms with E-state index in [4.69, 9.17) is 14.2 Å². The van der Waals surface area contributed by atoms with E-state index in [-0.39, 0.29) is 24.0 Å². The maximum absolute atomic E-state index is 13.2. The number of aliphatic imine (C=N–C) groups is 1. The molecule has 10 heteroatoms. The Kier molecular flexibility index (Phi) is 7.45. The van der Waals surface area contributed by atoms with E-state index in [0.717, 1.165) is 19.3 Å². The van der Waals surface area contributed by atoms with Crippen molar-refractivity contribution in [2.45, 2.75) is 51.1 Å². The fraction of sp³-hybridized carbons (Fsp3) is 0.500. The highest BCUT2D eigenvalue weighted by atomic mass is 16.5. The molecule has 1 saturated carbocycles. The lowest BCUT2D eigenvalue weighted by Gasteiger charge is -2.40. The number of rotatable bonds is 5. The number of amides is 1. The molecule has 1 atom stereocenters. The van der Waals surface area contributed by atoms with Gasteiger partial charge in [-0.15, -0.1) is 0 Å². The summed E-state index contributed by atoms with van der Waals surface area (Å²) in [5, 5.41) is 0. The van der Waals surface area contributed by atoms with Gasteiger partial charge < -0.3 is 19.1 Å². The van der Waals surface area contributed by atoms with E-state index in [1.807, 2.05) is 0 Å². The van der Waals surface area contributed by atoms with E-state index >= 15 is 0 Å². The van der Waals surface area contributed by atoms with E-state index < -0.39 is 29.9 Å². The number of nitrogens with zero attached hydrogens (tertiary/aromatic N) is 3. The monoisotopic (exact) mass is 445 g/mol. The highest BCUT2D eigenvalue weighted by Gasteiger charge is 2.45. The van der Waals surface area contributed by atoms with Gasteiger partial charge in [-0.2, -0.15) is 0 Å². The van der Waals surface area contributed by atoms with Crippen LogP contribution in [0.25, 0.3) is 0 Å². The molecular weight excluding hydrogens is 418 g/mol. The number of allylic oxidation sites excluding steroid dienone is 2. The van der Waals surface area contributed by atoms with Crippen LogP contribution in [-0.2, 0) is 33.4 Å². The Bertz CT molecular complexity index is 912. The van der Waals surface area contributed by atoms with E-state index in [9.17, 15) is 19.2 Å². The van der Waals surface area contributed by atoms with Crippen LogP contribution in [-0.4, -0.2) is 72.4 Å². The number of carbonyl (C=O) groups excluding carboxylic acids is 4. The molecule has 0 N–H and O–H groups in total. The average molecular weight is 445 g/mol. The van der Waals surface area contributed by atoms with Gasteiger partial charge in [0.1, 0.15) is 11.4 Å². The Morgan fingerprint density at radius 1 is 1.09 bits per heavy atom. The van der Waals surface area contributed by atoms with Gasteiger partial charge in [0, 0.05) is 12.2 Å².